The molecule has 0 atom stereocenters. The number of fused-ring (bicyclic) bond motifs is 11. The van der Waals surface area contributed by atoms with Crippen LogP contribution in [0.2, 0.25) is 0 Å². The molecule has 6 aromatic carbocycles. The van der Waals surface area contributed by atoms with Crippen molar-refractivity contribution in [2.75, 3.05) is 4.90 Å². The van der Waals surface area contributed by atoms with Crippen molar-refractivity contribution in [1.29, 1.82) is 0 Å². The molecule has 0 N–H and O–H groups in total. The molecule has 4 nitrogen and oxygen atoms in total. The van der Waals surface area contributed by atoms with E-state index >= 15 is 0 Å². The zero-order valence-electron chi connectivity index (χ0n) is 25.0. The van der Waals surface area contributed by atoms with Gasteiger partial charge < -0.3 is 0 Å². The van der Waals surface area contributed by atoms with Gasteiger partial charge in [0.25, 0.3) is 0 Å². The minimum absolute atomic E-state index is 0.596. The summed E-state index contributed by atoms with van der Waals surface area (Å²) >= 11 is 3.71. The third kappa shape index (κ3) is 4.09. The van der Waals surface area contributed by atoms with E-state index < -0.39 is 0 Å². The molecule has 1 aliphatic heterocycles. The van der Waals surface area contributed by atoms with Gasteiger partial charge in [0.15, 0.2) is 11.6 Å². The van der Waals surface area contributed by atoms with Gasteiger partial charge in [0.05, 0.1) is 16.3 Å². The van der Waals surface area contributed by atoms with Crippen molar-refractivity contribution in [3.63, 3.8) is 0 Å². The predicted octanol–water partition coefficient (Wildman–Crippen LogP) is 11.9. The fraction of sp³-hybridized carbons (Fsp3) is 0. The highest BCUT2D eigenvalue weighted by molar-refractivity contribution is 7.26. The summed E-state index contributed by atoms with van der Waals surface area (Å²) in [6.07, 6.45) is 0. The first-order chi connectivity index (χ1) is 23.3. The van der Waals surface area contributed by atoms with Crippen LogP contribution < -0.4 is 4.90 Å². The third-order valence-electron chi connectivity index (χ3n) is 8.88. The summed E-state index contributed by atoms with van der Waals surface area (Å²) in [6, 6.07) is 51.1. The summed E-state index contributed by atoms with van der Waals surface area (Å²) in [5.74, 6) is 1.88. The van der Waals surface area contributed by atoms with E-state index in [0.29, 0.717) is 17.6 Å². The minimum Gasteiger partial charge on any atom is -0.276 e. The molecular formula is C41H24N4S2. The SMILES string of the molecule is c1ccc(-c2nc(-c3ccccc3)nc(N3c4ccc5ccccc5c4-c4sc5ccccc5c4-c4sc5ccccc5c43)n2)cc1. The number of nitrogens with zero attached hydrogens (tertiary/aromatic N) is 4. The molecule has 0 bridgehead atoms. The van der Waals surface area contributed by atoms with Gasteiger partial charge in [-0.2, -0.15) is 9.97 Å². The van der Waals surface area contributed by atoms with Gasteiger partial charge in [-0.15, -0.1) is 22.7 Å². The van der Waals surface area contributed by atoms with Crippen LogP contribution in [0.15, 0.2) is 146 Å². The largest absolute Gasteiger partial charge is 0.276 e. The number of benzene rings is 6. The van der Waals surface area contributed by atoms with Crippen LogP contribution in [0.4, 0.5) is 17.3 Å². The fourth-order valence-corrected chi connectivity index (χ4v) is 9.38. The number of anilines is 3. The van der Waals surface area contributed by atoms with Gasteiger partial charge in [-0.1, -0.05) is 127 Å². The van der Waals surface area contributed by atoms with Crippen molar-refractivity contribution in [2.24, 2.45) is 0 Å². The van der Waals surface area contributed by atoms with Crippen molar-refractivity contribution in [3.05, 3.63) is 146 Å². The van der Waals surface area contributed by atoms with E-state index in [4.69, 9.17) is 15.0 Å². The van der Waals surface area contributed by atoms with Crippen molar-refractivity contribution >= 4 is 70.9 Å². The standard InChI is InChI=1S/C41H24N4S2/c1-3-14-26(15-4-1)39-42-40(27-16-5-2-6-17-27)44-41(43-39)45-31-24-23-25-13-7-8-18-28(25)34(31)37-35(29-19-9-11-21-32(29)46-37)38-36(45)30-20-10-12-22-33(30)47-38/h1-24H. The van der Waals surface area contributed by atoms with Gasteiger partial charge >= 0.3 is 0 Å². The lowest BCUT2D eigenvalue weighted by atomic mass is 9.98. The van der Waals surface area contributed by atoms with Crippen LogP contribution in [0, 0.1) is 0 Å². The molecule has 4 heterocycles. The maximum absolute atomic E-state index is 5.28. The van der Waals surface area contributed by atoms with Crippen molar-refractivity contribution in [3.8, 4) is 43.7 Å². The molecule has 0 unspecified atom stereocenters. The Labute approximate surface area is 278 Å². The van der Waals surface area contributed by atoms with Gasteiger partial charge in [-0.3, -0.25) is 4.90 Å². The quantitative estimate of drug-likeness (QED) is 0.193. The van der Waals surface area contributed by atoms with Gasteiger partial charge in [-0.25, -0.2) is 4.98 Å². The first kappa shape index (κ1) is 26.5. The van der Waals surface area contributed by atoms with Crippen LogP contribution in [0.3, 0.4) is 0 Å². The summed E-state index contributed by atoms with van der Waals surface area (Å²) in [6.45, 7) is 0. The average molecular weight is 637 g/mol. The molecule has 6 heteroatoms. The van der Waals surface area contributed by atoms with Crippen LogP contribution in [0.1, 0.15) is 0 Å². The fourth-order valence-electron chi connectivity index (χ4n) is 6.78. The number of thiophene rings is 2. The van der Waals surface area contributed by atoms with Crippen LogP contribution in [-0.2, 0) is 0 Å². The maximum atomic E-state index is 5.28. The maximum Gasteiger partial charge on any atom is 0.238 e. The smallest absolute Gasteiger partial charge is 0.238 e. The molecule has 0 spiro atoms. The van der Waals surface area contributed by atoms with Gasteiger partial charge in [0.1, 0.15) is 0 Å². The van der Waals surface area contributed by atoms with Crippen LogP contribution in [0.25, 0.3) is 74.6 Å². The lowest BCUT2D eigenvalue weighted by molar-refractivity contribution is 1.03. The second-order valence-electron chi connectivity index (χ2n) is 11.6. The summed E-state index contributed by atoms with van der Waals surface area (Å²) < 4.78 is 2.51. The van der Waals surface area contributed by atoms with Crippen molar-refractivity contribution in [2.45, 2.75) is 0 Å². The van der Waals surface area contributed by atoms with Crippen LogP contribution in [0.5, 0.6) is 0 Å². The van der Waals surface area contributed by atoms with Gasteiger partial charge in [-0.05, 0) is 29.0 Å². The number of aromatic nitrogens is 3. The molecule has 0 saturated carbocycles. The first-order valence-electron chi connectivity index (χ1n) is 15.5. The highest BCUT2D eigenvalue weighted by atomic mass is 32.1. The molecular weight excluding hydrogens is 613 g/mol. The van der Waals surface area contributed by atoms with E-state index in [9.17, 15) is 0 Å². The highest BCUT2D eigenvalue weighted by Crippen LogP contribution is 2.60. The molecule has 47 heavy (non-hydrogen) atoms. The van der Waals surface area contributed by atoms with Gasteiger partial charge in [0, 0.05) is 47.3 Å². The van der Waals surface area contributed by atoms with E-state index in [2.05, 4.69) is 114 Å². The van der Waals surface area contributed by atoms with Crippen LogP contribution >= 0.6 is 22.7 Å². The topological polar surface area (TPSA) is 41.9 Å². The Morgan fingerprint density at radius 2 is 0.979 bits per heavy atom. The van der Waals surface area contributed by atoms with Crippen molar-refractivity contribution in [1.82, 2.24) is 15.0 Å². The molecule has 0 saturated heterocycles. The number of hydrogen-bond donors (Lipinski definition) is 0. The second-order valence-corrected chi connectivity index (χ2v) is 13.7. The van der Waals surface area contributed by atoms with Crippen LogP contribution in [-0.4, -0.2) is 15.0 Å². The van der Waals surface area contributed by atoms with Crippen molar-refractivity contribution < 1.29 is 0 Å². The molecule has 0 radical (unpaired) electrons. The normalized spacial score (nSPS) is 12.2. The minimum atomic E-state index is 0.596. The number of hydrogen-bond acceptors (Lipinski definition) is 6. The summed E-state index contributed by atoms with van der Waals surface area (Å²) in [5.41, 5.74) is 6.54. The summed E-state index contributed by atoms with van der Waals surface area (Å²) in [7, 11) is 0. The Bertz CT molecular complexity index is 2580. The predicted molar refractivity (Wildman–Crippen MR) is 198 cm³/mol. The second kappa shape index (κ2) is 10.4. The summed E-state index contributed by atoms with van der Waals surface area (Å²) in [5, 5.41) is 4.86. The Kier molecular flexibility index (Phi) is 5.88. The van der Waals surface area contributed by atoms with E-state index in [0.717, 1.165) is 22.5 Å². The van der Waals surface area contributed by atoms with E-state index in [-0.39, 0.29) is 0 Å². The van der Waals surface area contributed by atoms with E-state index in [1.165, 1.54) is 51.8 Å². The highest BCUT2D eigenvalue weighted by Gasteiger charge is 2.34. The zero-order chi connectivity index (χ0) is 30.9. The molecule has 0 aliphatic carbocycles. The molecule has 1 aliphatic rings. The molecule has 0 amide bonds. The first-order valence-corrected chi connectivity index (χ1v) is 17.2. The van der Waals surface area contributed by atoms with Gasteiger partial charge in [0.2, 0.25) is 5.95 Å². The molecule has 10 rings (SSSR count). The lowest BCUT2D eigenvalue weighted by Gasteiger charge is -2.25. The Morgan fingerprint density at radius 1 is 0.426 bits per heavy atom. The zero-order valence-corrected chi connectivity index (χ0v) is 26.6. The average Bonchev–Trinajstić information content (AvgIpc) is 3.67. The Hall–Kier alpha value is -5.69. The third-order valence-corrected chi connectivity index (χ3v) is 11.2. The molecule has 220 valence electrons. The number of rotatable bonds is 3. The monoisotopic (exact) mass is 636 g/mol. The van der Waals surface area contributed by atoms with E-state index in [1.54, 1.807) is 0 Å². The molecule has 0 fully saturated rings. The Morgan fingerprint density at radius 3 is 1.68 bits per heavy atom. The Balaban J connectivity index is 1.38. The summed E-state index contributed by atoms with van der Waals surface area (Å²) in [4.78, 5) is 20.4. The molecule has 9 aromatic rings. The molecule has 3 aromatic heterocycles. The lowest BCUT2D eigenvalue weighted by Crippen LogP contribution is -2.15. The van der Waals surface area contributed by atoms with E-state index in [1.807, 2.05) is 59.1 Å².